The third-order valence-corrected chi connectivity index (χ3v) is 2.40. The molecule has 2 nitrogen and oxygen atoms in total. The molecule has 1 N–H and O–H groups in total. The highest BCUT2D eigenvalue weighted by Gasteiger charge is 1.91. The van der Waals surface area contributed by atoms with Crippen LogP contribution in [0.4, 0.5) is 0 Å². The highest BCUT2D eigenvalue weighted by atomic mass is 35.5. The van der Waals surface area contributed by atoms with Crippen molar-refractivity contribution in [1.82, 2.24) is 0 Å². The van der Waals surface area contributed by atoms with Crippen LogP contribution in [0.15, 0.2) is 30.4 Å². The minimum Gasteiger partial charge on any atom is -0.478 e. The van der Waals surface area contributed by atoms with Crippen molar-refractivity contribution in [1.29, 1.82) is 0 Å². The first-order chi connectivity index (χ1) is 6.18. The smallest absolute Gasteiger partial charge is 0.328 e. The normalized spacial score (nSPS) is 11.5. The summed E-state index contributed by atoms with van der Waals surface area (Å²) >= 11 is 7.14. The summed E-state index contributed by atoms with van der Waals surface area (Å²) in [6.07, 6.45) is 6.01. The fourth-order valence-electron chi connectivity index (χ4n) is 0.706. The molecule has 0 saturated heterocycles. The van der Waals surface area contributed by atoms with E-state index in [1.54, 1.807) is 18.2 Å². The van der Waals surface area contributed by atoms with Gasteiger partial charge in [0.25, 0.3) is 0 Å². The van der Waals surface area contributed by atoms with Gasteiger partial charge in [-0.2, -0.15) is 0 Å². The molecule has 0 saturated carbocycles. The topological polar surface area (TPSA) is 37.3 Å². The van der Waals surface area contributed by atoms with E-state index in [1.165, 1.54) is 17.4 Å². The van der Waals surface area contributed by atoms with Crippen LogP contribution in [0.1, 0.15) is 4.88 Å². The Hall–Kier alpha value is -1.06. The number of allylic oxidation sites excluding steroid dienone is 2. The first-order valence-electron chi connectivity index (χ1n) is 3.51. The van der Waals surface area contributed by atoms with Crippen molar-refractivity contribution in [2.24, 2.45) is 0 Å². The number of carboxylic acid groups (broad SMARTS) is 1. The molecule has 13 heavy (non-hydrogen) atoms. The molecular weight excluding hydrogens is 208 g/mol. The Labute approximate surface area is 84.8 Å². The molecule has 0 atom stereocenters. The van der Waals surface area contributed by atoms with Crippen LogP contribution in [0, 0.1) is 0 Å². The molecule has 0 aliphatic carbocycles. The molecule has 1 heterocycles. The third kappa shape index (κ3) is 3.92. The summed E-state index contributed by atoms with van der Waals surface area (Å²) < 4.78 is 0.724. The van der Waals surface area contributed by atoms with Gasteiger partial charge in [0.05, 0.1) is 4.34 Å². The quantitative estimate of drug-likeness (QED) is 0.620. The molecule has 0 bridgehead atoms. The molecule has 4 heteroatoms. The van der Waals surface area contributed by atoms with Crippen LogP contribution >= 0.6 is 22.9 Å². The van der Waals surface area contributed by atoms with Crippen LogP contribution in [0.3, 0.4) is 0 Å². The van der Waals surface area contributed by atoms with Gasteiger partial charge in [0.2, 0.25) is 0 Å². The monoisotopic (exact) mass is 214 g/mol. The van der Waals surface area contributed by atoms with Crippen molar-refractivity contribution >= 4 is 35.0 Å². The van der Waals surface area contributed by atoms with Gasteiger partial charge in [-0.3, -0.25) is 0 Å². The molecule has 1 aromatic heterocycles. The lowest BCUT2D eigenvalue weighted by Crippen LogP contribution is -1.84. The molecule has 0 amide bonds. The van der Waals surface area contributed by atoms with Crippen LogP contribution in [0.5, 0.6) is 0 Å². The Morgan fingerprint density at radius 3 is 2.77 bits per heavy atom. The number of carbonyl (C=O) groups is 1. The van der Waals surface area contributed by atoms with Gasteiger partial charge in [0.15, 0.2) is 0 Å². The van der Waals surface area contributed by atoms with Gasteiger partial charge >= 0.3 is 5.97 Å². The standard InChI is InChI=1S/C9H7ClO2S/c10-8-6-5-7(13-8)3-1-2-4-9(11)12/h1-6H,(H,11,12)/b3-1+,4-2+. The molecule has 0 fully saturated rings. The van der Waals surface area contributed by atoms with E-state index in [2.05, 4.69) is 0 Å². The number of hydrogen-bond acceptors (Lipinski definition) is 2. The Balaban J connectivity index is 2.54. The Bertz CT molecular complexity index is 352. The minimum atomic E-state index is -0.950. The van der Waals surface area contributed by atoms with Crippen molar-refractivity contribution in [2.45, 2.75) is 0 Å². The number of carboxylic acids is 1. The SMILES string of the molecule is O=C(O)/C=C/C=C/c1ccc(Cl)s1. The van der Waals surface area contributed by atoms with E-state index < -0.39 is 5.97 Å². The van der Waals surface area contributed by atoms with E-state index in [0.717, 1.165) is 15.3 Å². The van der Waals surface area contributed by atoms with E-state index in [1.807, 2.05) is 6.07 Å². The average Bonchev–Trinajstić information content (AvgIpc) is 2.45. The number of aliphatic carboxylic acids is 1. The fraction of sp³-hybridized carbons (Fsp3) is 0. The van der Waals surface area contributed by atoms with Crippen molar-refractivity contribution < 1.29 is 9.90 Å². The zero-order valence-electron chi connectivity index (χ0n) is 6.61. The lowest BCUT2D eigenvalue weighted by Gasteiger charge is -1.79. The maximum atomic E-state index is 10.1. The molecular formula is C9H7ClO2S. The summed E-state index contributed by atoms with van der Waals surface area (Å²) in [6, 6.07) is 3.67. The predicted octanol–water partition coefficient (Wildman–Crippen LogP) is 3.06. The van der Waals surface area contributed by atoms with Crippen molar-refractivity contribution in [3.63, 3.8) is 0 Å². The number of thiophene rings is 1. The summed E-state index contributed by atoms with van der Waals surface area (Å²) in [4.78, 5) is 11.1. The van der Waals surface area contributed by atoms with Crippen LogP contribution in [-0.2, 0) is 4.79 Å². The minimum absolute atomic E-state index is 0.724. The zero-order chi connectivity index (χ0) is 9.68. The van der Waals surface area contributed by atoms with Gasteiger partial charge < -0.3 is 5.11 Å². The predicted molar refractivity (Wildman–Crippen MR) is 55.1 cm³/mol. The lowest BCUT2D eigenvalue weighted by molar-refractivity contribution is -0.131. The summed E-state index contributed by atoms with van der Waals surface area (Å²) in [7, 11) is 0. The molecule has 0 spiro atoms. The molecule has 1 rings (SSSR count). The molecule has 0 aliphatic rings. The van der Waals surface area contributed by atoms with Gasteiger partial charge in [0, 0.05) is 11.0 Å². The highest BCUT2D eigenvalue weighted by molar-refractivity contribution is 7.16. The summed E-state index contributed by atoms with van der Waals surface area (Å²) in [5.74, 6) is -0.950. The second-order valence-corrected chi connectivity index (χ2v) is 3.95. The number of rotatable bonds is 3. The molecule has 0 aromatic carbocycles. The number of halogens is 1. The van der Waals surface area contributed by atoms with Gasteiger partial charge in [0.1, 0.15) is 0 Å². The van der Waals surface area contributed by atoms with Gasteiger partial charge in [-0.25, -0.2) is 4.79 Å². The maximum absolute atomic E-state index is 10.1. The number of hydrogen-bond donors (Lipinski definition) is 1. The largest absolute Gasteiger partial charge is 0.478 e. The van der Waals surface area contributed by atoms with Gasteiger partial charge in [-0.15, -0.1) is 11.3 Å². The van der Waals surface area contributed by atoms with E-state index in [-0.39, 0.29) is 0 Å². The summed E-state index contributed by atoms with van der Waals surface area (Å²) in [5, 5.41) is 8.28. The van der Waals surface area contributed by atoms with Crippen molar-refractivity contribution in [3.8, 4) is 0 Å². The first kappa shape index (κ1) is 10.0. The van der Waals surface area contributed by atoms with Gasteiger partial charge in [-0.05, 0) is 18.2 Å². The van der Waals surface area contributed by atoms with E-state index in [0.29, 0.717) is 0 Å². The second-order valence-electron chi connectivity index (χ2n) is 2.20. The van der Waals surface area contributed by atoms with Crippen LogP contribution < -0.4 is 0 Å². The van der Waals surface area contributed by atoms with Crippen molar-refractivity contribution in [3.05, 3.63) is 39.6 Å². The fourth-order valence-corrected chi connectivity index (χ4v) is 1.68. The summed E-state index contributed by atoms with van der Waals surface area (Å²) in [6.45, 7) is 0. The van der Waals surface area contributed by atoms with Crippen LogP contribution in [0.2, 0.25) is 4.34 Å². The second kappa shape index (κ2) is 4.84. The third-order valence-electron chi connectivity index (χ3n) is 1.20. The maximum Gasteiger partial charge on any atom is 0.328 e. The van der Waals surface area contributed by atoms with Gasteiger partial charge in [-0.1, -0.05) is 23.8 Å². The Morgan fingerprint density at radius 2 is 2.23 bits per heavy atom. The first-order valence-corrected chi connectivity index (χ1v) is 4.71. The lowest BCUT2D eigenvalue weighted by atomic mass is 10.4. The van der Waals surface area contributed by atoms with E-state index in [4.69, 9.17) is 16.7 Å². The molecule has 0 radical (unpaired) electrons. The van der Waals surface area contributed by atoms with Crippen LogP contribution in [0.25, 0.3) is 6.08 Å². The highest BCUT2D eigenvalue weighted by Crippen LogP contribution is 2.22. The van der Waals surface area contributed by atoms with E-state index in [9.17, 15) is 4.79 Å². The molecule has 0 unspecified atom stereocenters. The molecule has 1 aromatic rings. The molecule has 0 aliphatic heterocycles. The zero-order valence-corrected chi connectivity index (χ0v) is 8.18. The Kier molecular flexibility index (Phi) is 3.73. The van der Waals surface area contributed by atoms with Crippen molar-refractivity contribution in [2.75, 3.05) is 0 Å². The Morgan fingerprint density at radius 1 is 1.46 bits per heavy atom. The molecule has 68 valence electrons. The van der Waals surface area contributed by atoms with E-state index >= 15 is 0 Å². The van der Waals surface area contributed by atoms with Crippen LogP contribution in [-0.4, -0.2) is 11.1 Å². The average molecular weight is 215 g/mol. The summed E-state index contributed by atoms with van der Waals surface area (Å²) in [5.41, 5.74) is 0.